The van der Waals surface area contributed by atoms with Gasteiger partial charge in [0.25, 0.3) is 5.91 Å². The second-order valence-corrected chi connectivity index (χ2v) is 6.10. The van der Waals surface area contributed by atoms with Gasteiger partial charge in [-0.3, -0.25) is 4.79 Å². The van der Waals surface area contributed by atoms with E-state index in [1.54, 1.807) is 0 Å². The van der Waals surface area contributed by atoms with Crippen LogP contribution in [0.25, 0.3) is 10.9 Å². The largest absolute Gasteiger partial charge is 0.361 e. The highest BCUT2D eigenvalue weighted by Gasteiger charge is 2.09. The molecule has 1 aromatic carbocycles. The molecule has 0 atom stereocenters. The average molecular weight is 286 g/mol. The number of aromatic nitrogens is 1. The first-order valence-electron chi connectivity index (χ1n) is 8.03. The summed E-state index contributed by atoms with van der Waals surface area (Å²) in [5, 5.41) is 4.10. The van der Waals surface area contributed by atoms with Gasteiger partial charge in [0.1, 0.15) is 0 Å². The second-order valence-electron chi connectivity index (χ2n) is 6.10. The van der Waals surface area contributed by atoms with E-state index >= 15 is 0 Å². The third-order valence-electron chi connectivity index (χ3n) is 3.83. The SMILES string of the molecule is CC(C)CCCCCCNC(=O)c1cccc2cc[nH]c12. The summed E-state index contributed by atoms with van der Waals surface area (Å²) >= 11 is 0. The Morgan fingerprint density at radius 1 is 1.14 bits per heavy atom. The number of benzene rings is 1. The monoisotopic (exact) mass is 286 g/mol. The number of rotatable bonds is 8. The van der Waals surface area contributed by atoms with Crippen LogP contribution in [0.3, 0.4) is 0 Å². The first-order valence-corrected chi connectivity index (χ1v) is 8.03. The molecule has 1 aromatic heterocycles. The predicted molar refractivity (Wildman–Crippen MR) is 88.6 cm³/mol. The minimum absolute atomic E-state index is 0.0187. The van der Waals surface area contributed by atoms with Crippen molar-refractivity contribution in [1.82, 2.24) is 10.3 Å². The van der Waals surface area contributed by atoms with Crippen LogP contribution in [0.5, 0.6) is 0 Å². The van der Waals surface area contributed by atoms with E-state index in [9.17, 15) is 4.79 Å². The summed E-state index contributed by atoms with van der Waals surface area (Å²) in [6, 6.07) is 7.80. The van der Waals surface area contributed by atoms with E-state index in [1.807, 2.05) is 30.5 Å². The number of hydrogen-bond acceptors (Lipinski definition) is 1. The molecule has 0 saturated heterocycles. The molecule has 1 heterocycles. The zero-order valence-electron chi connectivity index (χ0n) is 13.1. The number of unbranched alkanes of at least 4 members (excludes halogenated alkanes) is 3. The highest BCUT2D eigenvalue weighted by atomic mass is 16.1. The van der Waals surface area contributed by atoms with Crippen molar-refractivity contribution < 1.29 is 4.79 Å². The van der Waals surface area contributed by atoms with E-state index in [0.717, 1.165) is 35.3 Å². The quantitative estimate of drug-likeness (QED) is 0.689. The fraction of sp³-hybridized carbons (Fsp3) is 0.500. The highest BCUT2D eigenvalue weighted by Crippen LogP contribution is 2.16. The third kappa shape index (κ3) is 4.62. The topological polar surface area (TPSA) is 44.9 Å². The Labute approximate surface area is 127 Å². The van der Waals surface area contributed by atoms with Crippen molar-refractivity contribution in [3.63, 3.8) is 0 Å². The molecule has 0 spiro atoms. The zero-order chi connectivity index (χ0) is 15.1. The Morgan fingerprint density at radius 2 is 1.95 bits per heavy atom. The number of aromatic amines is 1. The Balaban J connectivity index is 1.72. The number of nitrogens with one attached hydrogen (secondary N) is 2. The van der Waals surface area contributed by atoms with Crippen LogP contribution in [0.15, 0.2) is 30.5 Å². The maximum atomic E-state index is 12.2. The van der Waals surface area contributed by atoms with Crippen LogP contribution in [0, 0.1) is 5.92 Å². The van der Waals surface area contributed by atoms with Crippen molar-refractivity contribution in [2.24, 2.45) is 5.92 Å². The first-order chi connectivity index (χ1) is 10.2. The number of H-pyrrole nitrogens is 1. The minimum Gasteiger partial charge on any atom is -0.361 e. The normalized spacial score (nSPS) is 11.2. The third-order valence-corrected chi connectivity index (χ3v) is 3.83. The highest BCUT2D eigenvalue weighted by molar-refractivity contribution is 6.05. The molecule has 1 amide bonds. The van der Waals surface area contributed by atoms with Gasteiger partial charge < -0.3 is 10.3 Å². The number of amides is 1. The molecule has 114 valence electrons. The zero-order valence-corrected chi connectivity index (χ0v) is 13.1. The van der Waals surface area contributed by atoms with Crippen LogP contribution in [-0.4, -0.2) is 17.4 Å². The molecule has 0 aliphatic heterocycles. The molecule has 0 unspecified atom stereocenters. The number of carbonyl (C=O) groups is 1. The van der Waals surface area contributed by atoms with Crippen molar-refractivity contribution >= 4 is 16.8 Å². The van der Waals surface area contributed by atoms with E-state index in [0.29, 0.717) is 0 Å². The summed E-state index contributed by atoms with van der Waals surface area (Å²) in [5.74, 6) is 0.816. The summed E-state index contributed by atoms with van der Waals surface area (Å²) in [7, 11) is 0. The molecule has 0 fully saturated rings. The Morgan fingerprint density at radius 3 is 2.76 bits per heavy atom. The molecule has 0 aliphatic carbocycles. The lowest BCUT2D eigenvalue weighted by atomic mass is 10.0. The molecule has 0 saturated carbocycles. The van der Waals surface area contributed by atoms with Gasteiger partial charge in [0, 0.05) is 18.1 Å². The maximum Gasteiger partial charge on any atom is 0.253 e. The van der Waals surface area contributed by atoms with Crippen LogP contribution < -0.4 is 5.32 Å². The maximum absolute atomic E-state index is 12.2. The van der Waals surface area contributed by atoms with Crippen LogP contribution in [0.4, 0.5) is 0 Å². The number of hydrogen-bond donors (Lipinski definition) is 2. The van der Waals surface area contributed by atoms with Gasteiger partial charge in [0.05, 0.1) is 11.1 Å². The van der Waals surface area contributed by atoms with E-state index in [2.05, 4.69) is 24.1 Å². The molecule has 2 N–H and O–H groups in total. The molecule has 0 radical (unpaired) electrons. The molecule has 3 heteroatoms. The Hall–Kier alpha value is -1.77. The summed E-state index contributed by atoms with van der Waals surface area (Å²) in [6.07, 6.45) is 8.00. The van der Waals surface area contributed by atoms with Crippen molar-refractivity contribution in [3.8, 4) is 0 Å². The average Bonchev–Trinajstić information content (AvgIpc) is 2.93. The van der Waals surface area contributed by atoms with Crippen molar-refractivity contribution in [3.05, 3.63) is 36.0 Å². The standard InChI is InChI=1S/C18H26N2O/c1-14(2)8-5-3-4-6-12-20-18(21)16-10-7-9-15-11-13-19-17(15)16/h7,9-11,13-14,19H,3-6,8,12H2,1-2H3,(H,20,21). The predicted octanol–water partition coefficient (Wildman–Crippen LogP) is 4.50. The molecule has 2 aromatic rings. The van der Waals surface area contributed by atoms with E-state index in [4.69, 9.17) is 0 Å². The van der Waals surface area contributed by atoms with Gasteiger partial charge in [-0.2, -0.15) is 0 Å². The van der Waals surface area contributed by atoms with Crippen molar-refractivity contribution in [2.45, 2.75) is 46.0 Å². The Bertz CT molecular complexity index is 571. The van der Waals surface area contributed by atoms with Gasteiger partial charge in [0.15, 0.2) is 0 Å². The molecule has 3 nitrogen and oxygen atoms in total. The second kappa shape index (κ2) is 7.87. The minimum atomic E-state index is 0.0187. The van der Waals surface area contributed by atoms with Gasteiger partial charge in [-0.05, 0) is 24.5 Å². The number of para-hydroxylation sites is 1. The molecule has 0 bridgehead atoms. The van der Waals surface area contributed by atoms with Gasteiger partial charge in [-0.1, -0.05) is 51.7 Å². The first kappa shape index (κ1) is 15.6. The van der Waals surface area contributed by atoms with Crippen LogP contribution in [-0.2, 0) is 0 Å². The summed E-state index contributed by atoms with van der Waals surface area (Å²) in [6.45, 7) is 5.29. The number of carbonyl (C=O) groups excluding carboxylic acids is 1. The van der Waals surface area contributed by atoms with E-state index < -0.39 is 0 Å². The fourth-order valence-electron chi connectivity index (χ4n) is 2.60. The molecule has 0 aliphatic rings. The van der Waals surface area contributed by atoms with Crippen LogP contribution in [0.2, 0.25) is 0 Å². The lowest BCUT2D eigenvalue weighted by Gasteiger charge is -2.07. The van der Waals surface area contributed by atoms with E-state index in [1.165, 1.54) is 25.7 Å². The molecule has 21 heavy (non-hydrogen) atoms. The molecule has 2 rings (SSSR count). The lowest BCUT2D eigenvalue weighted by Crippen LogP contribution is -2.24. The summed E-state index contributed by atoms with van der Waals surface area (Å²) in [4.78, 5) is 15.3. The molecular weight excluding hydrogens is 260 g/mol. The van der Waals surface area contributed by atoms with Crippen molar-refractivity contribution in [2.75, 3.05) is 6.54 Å². The van der Waals surface area contributed by atoms with Crippen molar-refractivity contribution in [1.29, 1.82) is 0 Å². The molecular formula is C18H26N2O. The van der Waals surface area contributed by atoms with Gasteiger partial charge in [-0.25, -0.2) is 0 Å². The smallest absolute Gasteiger partial charge is 0.253 e. The number of fused-ring (bicyclic) bond motifs is 1. The lowest BCUT2D eigenvalue weighted by molar-refractivity contribution is 0.0954. The van der Waals surface area contributed by atoms with E-state index in [-0.39, 0.29) is 5.91 Å². The van der Waals surface area contributed by atoms with Gasteiger partial charge >= 0.3 is 0 Å². The fourth-order valence-corrected chi connectivity index (χ4v) is 2.60. The Kier molecular flexibility index (Phi) is 5.85. The van der Waals surface area contributed by atoms with Crippen LogP contribution in [0.1, 0.15) is 56.3 Å². The summed E-state index contributed by atoms with van der Waals surface area (Å²) in [5.41, 5.74) is 1.66. The summed E-state index contributed by atoms with van der Waals surface area (Å²) < 4.78 is 0. The van der Waals surface area contributed by atoms with Crippen LogP contribution >= 0.6 is 0 Å². The van der Waals surface area contributed by atoms with Gasteiger partial charge in [-0.15, -0.1) is 0 Å². The van der Waals surface area contributed by atoms with Gasteiger partial charge in [0.2, 0.25) is 0 Å².